The molecule has 19 heavy (non-hydrogen) atoms. The lowest BCUT2D eigenvalue weighted by Crippen LogP contribution is -2.11. The lowest BCUT2D eigenvalue weighted by molar-refractivity contribution is 0.121. The van der Waals surface area contributed by atoms with Crippen LogP contribution in [0.5, 0.6) is 0 Å². The highest BCUT2D eigenvalue weighted by molar-refractivity contribution is 7.65. The largest absolute Gasteiger partial charge is 0.369 e. The summed E-state index contributed by atoms with van der Waals surface area (Å²) >= 11 is 0. The first-order chi connectivity index (χ1) is 8.87. The second kappa shape index (κ2) is 7.34. The SMILES string of the molecule is CCP(=O)(O)OCCOCP(=O)(O)c1ccccc1. The van der Waals surface area contributed by atoms with Crippen molar-refractivity contribution >= 4 is 20.3 Å². The Morgan fingerprint density at radius 1 is 1.11 bits per heavy atom. The Kier molecular flexibility index (Phi) is 6.40. The van der Waals surface area contributed by atoms with Gasteiger partial charge in [-0.25, -0.2) is 0 Å². The fourth-order valence-corrected chi connectivity index (χ4v) is 2.96. The van der Waals surface area contributed by atoms with E-state index in [4.69, 9.17) is 14.2 Å². The van der Waals surface area contributed by atoms with Crippen LogP contribution in [-0.4, -0.2) is 35.5 Å². The topological polar surface area (TPSA) is 93.1 Å². The van der Waals surface area contributed by atoms with E-state index in [9.17, 15) is 14.0 Å². The third-order valence-electron chi connectivity index (χ3n) is 2.35. The highest BCUT2D eigenvalue weighted by Crippen LogP contribution is 2.41. The van der Waals surface area contributed by atoms with Crippen molar-refractivity contribution in [2.45, 2.75) is 6.92 Å². The second-order valence-electron chi connectivity index (χ2n) is 3.86. The Morgan fingerprint density at radius 2 is 1.74 bits per heavy atom. The summed E-state index contributed by atoms with van der Waals surface area (Å²) < 4.78 is 32.8. The van der Waals surface area contributed by atoms with Crippen molar-refractivity contribution in [3.8, 4) is 0 Å². The van der Waals surface area contributed by atoms with Crippen LogP contribution in [-0.2, 0) is 18.4 Å². The maximum Gasteiger partial charge on any atom is 0.327 e. The smallest absolute Gasteiger partial charge is 0.327 e. The van der Waals surface area contributed by atoms with Gasteiger partial charge in [0, 0.05) is 11.5 Å². The van der Waals surface area contributed by atoms with Crippen LogP contribution in [0.4, 0.5) is 0 Å². The molecule has 0 saturated heterocycles. The van der Waals surface area contributed by atoms with E-state index in [1.165, 1.54) is 0 Å². The van der Waals surface area contributed by atoms with Crippen molar-refractivity contribution in [1.82, 2.24) is 0 Å². The average Bonchev–Trinajstić information content (AvgIpc) is 2.39. The molecule has 1 aromatic rings. The van der Waals surface area contributed by atoms with E-state index >= 15 is 0 Å². The van der Waals surface area contributed by atoms with Gasteiger partial charge in [-0.15, -0.1) is 0 Å². The first kappa shape index (κ1) is 16.6. The highest BCUT2D eigenvalue weighted by atomic mass is 31.2. The molecule has 0 radical (unpaired) electrons. The molecule has 0 amide bonds. The highest BCUT2D eigenvalue weighted by Gasteiger charge is 2.21. The van der Waals surface area contributed by atoms with Gasteiger partial charge in [-0.1, -0.05) is 25.1 Å². The number of hydrogen-bond donors (Lipinski definition) is 2. The zero-order chi connectivity index (χ0) is 14.4. The lowest BCUT2D eigenvalue weighted by atomic mass is 10.4. The molecule has 2 N–H and O–H groups in total. The fraction of sp³-hybridized carbons (Fsp3) is 0.455. The van der Waals surface area contributed by atoms with Gasteiger partial charge < -0.3 is 19.0 Å². The standard InChI is InChI=1S/C11H18O6P2/c1-2-19(14,15)17-9-8-16-10-18(12,13)11-6-4-3-5-7-11/h3-7H,2,8-10H2,1H3,(H,12,13)(H,14,15). The molecule has 0 saturated carbocycles. The molecular formula is C11H18O6P2. The van der Waals surface area contributed by atoms with Gasteiger partial charge in [0.25, 0.3) is 7.37 Å². The normalized spacial score (nSPS) is 17.6. The Labute approximate surface area is 112 Å². The van der Waals surface area contributed by atoms with Crippen LogP contribution < -0.4 is 5.30 Å². The van der Waals surface area contributed by atoms with Crippen molar-refractivity contribution < 1.29 is 28.2 Å². The van der Waals surface area contributed by atoms with Gasteiger partial charge in [-0.05, 0) is 12.1 Å². The first-order valence-corrected chi connectivity index (χ1v) is 9.40. The summed E-state index contributed by atoms with van der Waals surface area (Å²) in [5.74, 6) is 0. The molecule has 108 valence electrons. The Balaban J connectivity index is 2.34. The van der Waals surface area contributed by atoms with Crippen LogP contribution >= 0.6 is 15.0 Å². The molecule has 0 spiro atoms. The molecule has 1 aromatic carbocycles. The Morgan fingerprint density at radius 3 is 2.32 bits per heavy atom. The molecule has 0 heterocycles. The van der Waals surface area contributed by atoms with Gasteiger partial charge in [0.2, 0.25) is 0 Å². The molecule has 0 aliphatic carbocycles. The lowest BCUT2D eigenvalue weighted by Gasteiger charge is -2.13. The van der Waals surface area contributed by atoms with Gasteiger partial charge in [-0.3, -0.25) is 9.13 Å². The summed E-state index contributed by atoms with van der Waals surface area (Å²) in [6.45, 7) is 1.44. The van der Waals surface area contributed by atoms with E-state index in [-0.39, 0.29) is 25.7 Å². The minimum Gasteiger partial charge on any atom is -0.369 e. The molecule has 0 aliphatic heterocycles. The summed E-state index contributed by atoms with van der Waals surface area (Å²) in [6.07, 6.45) is -0.322. The van der Waals surface area contributed by atoms with Gasteiger partial charge in [0.05, 0.1) is 13.2 Å². The van der Waals surface area contributed by atoms with E-state index in [2.05, 4.69) is 0 Å². The first-order valence-electron chi connectivity index (χ1n) is 5.79. The molecule has 0 aliphatic rings. The van der Waals surface area contributed by atoms with Crippen molar-refractivity contribution in [2.75, 3.05) is 25.7 Å². The Bertz CT molecular complexity index is 475. The third-order valence-corrected chi connectivity index (χ3v) is 5.37. The minimum atomic E-state index is -3.54. The summed E-state index contributed by atoms with van der Waals surface area (Å²) in [7, 11) is -7.07. The van der Waals surface area contributed by atoms with Gasteiger partial charge in [0.1, 0.15) is 6.35 Å². The fourth-order valence-electron chi connectivity index (χ4n) is 1.25. The van der Waals surface area contributed by atoms with Crippen LogP contribution in [0.2, 0.25) is 0 Å². The number of ether oxygens (including phenoxy) is 1. The van der Waals surface area contributed by atoms with Gasteiger partial charge in [0.15, 0.2) is 0 Å². The van der Waals surface area contributed by atoms with E-state index in [0.717, 1.165) is 0 Å². The predicted molar refractivity (Wildman–Crippen MR) is 73.0 cm³/mol. The summed E-state index contributed by atoms with van der Waals surface area (Å²) in [5.41, 5.74) is 0. The molecule has 2 atom stereocenters. The number of hydrogen-bond acceptors (Lipinski definition) is 4. The van der Waals surface area contributed by atoms with Crippen LogP contribution in [0.3, 0.4) is 0 Å². The maximum absolute atomic E-state index is 11.9. The van der Waals surface area contributed by atoms with Gasteiger partial charge >= 0.3 is 7.60 Å². The summed E-state index contributed by atoms with van der Waals surface area (Å²) in [5, 5.41) is 0.317. The molecule has 0 fully saturated rings. The van der Waals surface area contributed by atoms with Crippen LogP contribution in [0.1, 0.15) is 6.92 Å². The summed E-state index contributed by atoms with van der Waals surface area (Å²) in [6, 6.07) is 8.20. The van der Waals surface area contributed by atoms with Crippen molar-refractivity contribution in [1.29, 1.82) is 0 Å². The monoisotopic (exact) mass is 308 g/mol. The van der Waals surface area contributed by atoms with Crippen molar-refractivity contribution in [3.63, 3.8) is 0 Å². The van der Waals surface area contributed by atoms with Crippen LogP contribution in [0, 0.1) is 0 Å². The van der Waals surface area contributed by atoms with Crippen LogP contribution in [0.25, 0.3) is 0 Å². The van der Waals surface area contributed by atoms with Crippen LogP contribution in [0.15, 0.2) is 30.3 Å². The Hall–Kier alpha value is -0.480. The third kappa shape index (κ3) is 6.00. The minimum absolute atomic E-state index is 0.0120. The van der Waals surface area contributed by atoms with E-state index in [1.807, 2.05) is 0 Å². The zero-order valence-corrected chi connectivity index (χ0v) is 12.4. The molecule has 0 aromatic heterocycles. The molecule has 6 nitrogen and oxygen atoms in total. The second-order valence-corrected chi connectivity index (χ2v) is 8.20. The zero-order valence-electron chi connectivity index (χ0n) is 10.6. The van der Waals surface area contributed by atoms with Gasteiger partial charge in [-0.2, -0.15) is 0 Å². The molecule has 0 bridgehead atoms. The van der Waals surface area contributed by atoms with Crippen molar-refractivity contribution in [3.05, 3.63) is 30.3 Å². The number of rotatable bonds is 8. The van der Waals surface area contributed by atoms with Crippen molar-refractivity contribution in [2.24, 2.45) is 0 Å². The average molecular weight is 308 g/mol. The summed E-state index contributed by atoms with van der Waals surface area (Å²) in [4.78, 5) is 18.9. The van der Waals surface area contributed by atoms with E-state index < -0.39 is 15.0 Å². The van der Waals surface area contributed by atoms with E-state index in [1.54, 1.807) is 37.3 Å². The molecule has 2 unspecified atom stereocenters. The quantitative estimate of drug-likeness (QED) is 0.561. The van der Waals surface area contributed by atoms with E-state index in [0.29, 0.717) is 5.30 Å². The molecule has 1 rings (SSSR count). The molecule has 8 heteroatoms. The maximum atomic E-state index is 11.9. The predicted octanol–water partition coefficient (Wildman–Crippen LogP) is 1.78. The molecular weight excluding hydrogens is 290 g/mol. The number of benzene rings is 1.